The van der Waals surface area contributed by atoms with Gasteiger partial charge in [-0.15, -0.1) is 0 Å². The molecular weight excluding hydrogens is 321 g/mol. The zero-order chi connectivity index (χ0) is 18.2. The smallest absolute Gasteiger partial charge is 0.321 e. The van der Waals surface area contributed by atoms with Crippen LogP contribution in [0.5, 0.6) is 0 Å². The third-order valence-electron chi connectivity index (χ3n) is 4.85. The molecule has 2 rings (SSSR count). The molecule has 5 nitrogen and oxygen atoms in total. The summed E-state index contributed by atoms with van der Waals surface area (Å²) in [5, 5.41) is 5.29. The molecule has 0 bridgehead atoms. The van der Waals surface area contributed by atoms with Gasteiger partial charge in [-0.2, -0.15) is 0 Å². The molecule has 0 heterocycles. The Hall–Kier alpha value is -1.95. The Kier molecular flexibility index (Phi) is 7.37. The maximum atomic E-state index is 13.1. The average molecular weight is 349 g/mol. The van der Waals surface area contributed by atoms with E-state index in [0.29, 0.717) is 6.54 Å². The summed E-state index contributed by atoms with van der Waals surface area (Å²) in [7, 11) is 0. The lowest BCUT2D eigenvalue weighted by molar-refractivity contribution is -0.121. The largest absolute Gasteiger partial charge is 0.335 e. The van der Waals surface area contributed by atoms with E-state index in [-0.39, 0.29) is 30.4 Å². The fraction of sp³-hybridized carbons (Fsp3) is 0.579. The van der Waals surface area contributed by atoms with Gasteiger partial charge in [-0.25, -0.2) is 9.18 Å². The van der Waals surface area contributed by atoms with Crippen molar-refractivity contribution >= 4 is 11.9 Å². The molecule has 25 heavy (non-hydrogen) atoms. The van der Waals surface area contributed by atoms with Crippen molar-refractivity contribution in [1.82, 2.24) is 15.5 Å². The molecule has 1 aliphatic carbocycles. The number of carbonyl (C=O) groups excluding carboxylic acids is 2. The molecule has 1 aromatic carbocycles. The summed E-state index contributed by atoms with van der Waals surface area (Å²) in [5.41, 5.74) is 0.933. The van der Waals surface area contributed by atoms with E-state index < -0.39 is 6.03 Å². The van der Waals surface area contributed by atoms with Gasteiger partial charge in [-0.1, -0.05) is 38.3 Å². The van der Waals surface area contributed by atoms with Crippen LogP contribution in [-0.2, 0) is 4.79 Å². The Morgan fingerprint density at radius 1 is 1.20 bits per heavy atom. The van der Waals surface area contributed by atoms with E-state index in [0.717, 1.165) is 31.2 Å². The first kappa shape index (κ1) is 19.4. The fourth-order valence-electron chi connectivity index (χ4n) is 3.29. The summed E-state index contributed by atoms with van der Waals surface area (Å²) in [4.78, 5) is 26.1. The van der Waals surface area contributed by atoms with Crippen LogP contribution in [0, 0.1) is 5.82 Å². The quantitative estimate of drug-likeness (QED) is 0.828. The van der Waals surface area contributed by atoms with Gasteiger partial charge in [0.1, 0.15) is 5.82 Å². The lowest BCUT2D eigenvalue weighted by atomic mass is 9.96. The highest BCUT2D eigenvalue weighted by Crippen LogP contribution is 2.20. The number of amides is 3. The molecule has 0 saturated heterocycles. The van der Waals surface area contributed by atoms with Crippen LogP contribution in [0.15, 0.2) is 24.3 Å². The minimum absolute atomic E-state index is 0.0437. The minimum Gasteiger partial charge on any atom is -0.335 e. The number of imide groups is 1. The molecule has 138 valence electrons. The highest BCUT2D eigenvalue weighted by Gasteiger charge is 2.20. The van der Waals surface area contributed by atoms with Crippen LogP contribution in [-0.4, -0.2) is 36.0 Å². The molecule has 6 heteroatoms. The summed E-state index contributed by atoms with van der Waals surface area (Å²) in [6.45, 7) is 4.69. The molecule has 3 amide bonds. The zero-order valence-electron chi connectivity index (χ0n) is 15.1. The molecular formula is C19H28FN3O2. The molecule has 1 aliphatic rings. The number of carbonyl (C=O) groups is 2. The third kappa shape index (κ3) is 6.12. The summed E-state index contributed by atoms with van der Waals surface area (Å²) in [6.07, 6.45) is 5.41. The fourth-order valence-corrected chi connectivity index (χ4v) is 3.29. The number of nitrogens with one attached hydrogen (secondary N) is 2. The second kappa shape index (κ2) is 9.51. The zero-order valence-corrected chi connectivity index (χ0v) is 15.1. The van der Waals surface area contributed by atoms with Crippen molar-refractivity contribution < 1.29 is 14.0 Å². The molecule has 0 unspecified atom stereocenters. The Morgan fingerprint density at radius 3 is 2.44 bits per heavy atom. The SMILES string of the molecule is CCN(CC(=O)NC(=O)NC1CCCCC1)[C@@H](C)c1ccc(F)cc1. The predicted molar refractivity (Wildman–Crippen MR) is 95.6 cm³/mol. The Balaban J connectivity index is 1.83. The second-order valence-electron chi connectivity index (χ2n) is 6.65. The van der Waals surface area contributed by atoms with Crippen molar-refractivity contribution in [1.29, 1.82) is 0 Å². The van der Waals surface area contributed by atoms with Crippen LogP contribution in [0.25, 0.3) is 0 Å². The van der Waals surface area contributed by atoms with Crippen LogP contribution in [0.3, 0.4) is 0 Å². The van der Waals surface area contributed by atoms with Crippen molar-refractivity contribution in [2.75, 3.05) is 13.1 Å². The predicted octanol–water partition coefficient (Wildman–Crippen LogP) is 3.37. The highest BCUT2D eigenvalue weighted by atomic mass is 19.1. The average Bonchev–Trinajstić information content (AvgIpc) is 2.60. The maximum absolute atomic E-state index is 13.1. The van der Waals surface area contributed by atoms with Gasteiger partial charge in [-0.3, -0.25) is 15.0 Å². The summed E-state index contributed by atoms with van der Waals surface area (Å²) in [5.74, 6) is -0.611. The molecule has 1 saturated carbocycles. The summed E-state index contributed by atoms with van der Waals surface area (Å²) < 4.78 is 13.1. The summed E-state index contributed by atoms with van der Waals surface area (Å²) in [6, 6.07) is 5.98. The normalized spacial score (nSPS) is 16.5. The van der Waals surface area contributed by atoms with Crippen LogP contribution in [0.4, 0.5) is 9.18 Å². The number of halogens is 1. The third-order valence-corrected chi connectivity index (χ3v) is 4.85. The standard InChI is InChI=1S/C19H28FN3O2/c1-3-23(14(2)15-9-11-16(20)12-10-15)13-18(24)22-19(25)21-17-7-5-4-6-8-17/h9-12,14,17H,3-8,13H2,1-2H3,(H2,21,22,24,25)/t14-/m0/s1. The molecule has 0 aliphatic heterocycles. The first-order valence-corrected chi connectivity index (χ1v) is 9.09. The first-order valence-electron chi connectivity index (χ1n) is 9.09. The minimum atomic E-state index is -0.414. The lowest BCUT2D eigenvalue weighted by Crippen LogP contribution is -2.48. The number of hydrogen-bond donors (Lipinski definition) is 2. The van der Waals surface area contributed by atoms with Crippen LogP contribution < -0.4 is 10.6 Å². The van der Waals surface area contributed by atoms with E-state index in [1.807, 2.05) is 18.7 Å². The van der Waals surface area contributed by atoms with Gasteiger partial charge in [0.2, 0.25) is 5.91 Å². The van der Waals surface area contributed by atoms with Gasteiger partial charge in [-0.05, 0) is 44.0 Å². The van der Waals surface area contributed by atoms with Gasteiger partial charge in [0.25, 0.3) is 0 Å². The van der Waals surface area contributed by atoms with Crippen LogP contribution >= 0.6 is 0 Å². The molecule has 0 radical (unpaired) electrons. The Bertz CT molecular complexity index is 571. The van der Waals surface area contributed by atoms with Crippen LogP contribution in [0.1, 0.15) is 57.6 Å². The maximum Gasteiger partial charge on any atom is 0.321 e. The van der Waals surface area contributed by atoms with Crippen LogP contribution in [0.2, 0.25) is 0 Å². The van der Waals surface area contributed by atoms with Gasteiger partial charge in [0.05, 0.1) is 6.54 Å². The van der Waals surface area contributed by atoms with E-state index >= 15 is 0 Å². The van der Waals surface area contributed by atoms with Crippen molar-refractivity contribution in [3.8, 4) is 0 Å². The van der Waals surface area contributed by atoms with Gasteiger partial charge in [0, 0.05) is 12.1 Å². The first-order chi connectivity index (χ1) is 12.0. The second-order valence-corrected chi connectivity index (χ2v) is 6.65. The van der Waals surface area contributed by atoms with Gasteiger partial charge >= 0.3 is 6.03 Å². The number of likely N-dealkylation sites (N-methyl/N-ethyl adjacent to an activating group) is 1. The Morgan fingerprint density at radius 2 is 1.84 bits per heavy atom. The van der Waals surface area contributed by atoms with E-state index in [1.165, 1.54) is 18.6 Å². The van der Waals surface area contributed by atoms with Crippen molar-refractivity contribution in [2.45, 2.75) is 58.0 Å². The van der Waals surface area contributed by atoms with E-state index in [1.54, 1.807) is 12.1 Å². The molecule has 2 N–H and O–H groups in total. The van der Waals surface area contributed by atoms with Crippen molar-refractivity contribution in [3.05, 3.63) is 35.6 Å². The number of rotatable bonds is 6. The number of urea groups is 1. The van der Waals surface area contributed by atoms with Crippen molar-refractivity contribution in [2.24, 2.45) is 0 Å². The Labute approximate surface area is 149 Å². The van der Waals surface area contributed by atoms with Crippen molar-refractivity contribution in [3.63, 3.8) is 0 Å². The summed E-state index contributed by atoms with van der Waals surface area (Å²) >= 11 is 0. The molecule has 1 fully saturated rings. The van der Waals surface area contributed by atoms with E-state index in [9.17, 15) is 14.0 Å². The monoisotopic (exact) mass is 349 g/mol. The molecule has 1 aromatic rings. The molecule has 1 atom stereocenters. The highest BCUT2D eigenvalue weighted by molar-refractivity contribution is 5.95. The van der Waals surface area contributed by atoms with E-state index in [4.69, 9.17) is 0 Å². The lowest BCUT2D eigenvalue weighted by Gasteiger charge is -2.28. The van der Waals surface area contributed by atoms with Gasteiger partial charge in [0.15, 0.2) is 0 Å². The number of hydrogen-bond acceptors (Lipinski definition) is 3. The van der Waals surface area contributed by atoms with Gasteiger partial charge < -0.3 is 5.32 Å². The number of nitrogens with zero attached hydrogens (tertiary/aromatic N) is 1. The van der Waals surface area contributed by atoms with E-state index in [2.05, 4.69) is 10.6 Å². The number of benzene rings is 1. The molecule has 0 spiro atoms. The topological polar surface area (TPSA) is 61.4 Å². The molecule has 0 aromatic heterocycles.